The van der Waals surface area contributed by atoms with E-state index in [0.29, 0.717) is 0 Å². The fourth-order valence-electron chi connectivity index (χ4n) is 1.80. The Hall–Kier alpha value is -2.06. The Kier molecular flexibility index (Phi) is 6.87. The summed E-state index contributed by atoms with van der Waals surface area (Å²) in [5.41, 5.74) is 1.52. The summed E-state index contributed by atoms with van der Waals surface area (Å²) in [4.78, 5) is 13.2. The van der Waals surface area contributed by atoms with Gasteiger partial charge in [-0.15, -0.1) is 0 Å². The van der Waals surface area contributed by atoms with Gasteiger partial charge in [-0.2, -0.15) is 5.26 Å². The summed E-state index contributed by atoms with van der Waals surface area (Å²) < 4.78 is 5.24. The van der Waals surface area contributed by atoms with Crippen LogP contribution in [0.5, 0.6) is 0 Å². The van der Waals surface area contributed by atoms with E-state index in [9.17, 15) is 4.79 Å². The topological polar surface area (TPSA) is 65.4 Å². The summed E-state index contributed by atoms with van der Waals surface area (Å²) >= 11 is 0. The number of carbonyl (C=O) groups is 1. The second-order valence-corrected chi connectivity index (χ2v) is 6.20. The number of benzene rings is 1. The van der Waals surface area contributed by atoms with E-state index in [1.807, 2.05) is 52.0 Å². The molecule has 1 saturated heterocycles. The van der Waals surface area contributed by atoms with Crippen LogP contribution in [0.25, 0.3) is 0 Å². The van der Waals surface area contributed by atoms with Crippen molar-refractivity contribution >= 4 is 6.09 Å². The van der Waals surface area contributed by atoms with Gasteiger partial charge in [-0.25, -0.2) is 4.79 Å². The van der Waals surface area contributed by atoms with Crippen LogP contribution in [0.4, 0.5) is 4.79 Å². The Bertz CT molecular complexity index is 506. The van der Waals surface area contributed by atoms with Gasteiger partial charge in [0.15, 0.2) is 0 Å². The van der Waals surface area contributed by atoms with Crippen molar-refractivity contribution in [3.05, 3.63) is 35.4 Å². The van der Waals surface area contributed by atoms with E-state index < -0.39 is 0 Å². The molecule has 1 heterocycles. The lowest BCUT2D eigenvalue weighted by atomic mass is 10.2. The number of nitrogens with one attached hydrogen (secondary N) is 1. The molecule has 0 atom stereocenters. The van der Waals surface area contributed by atoms with Crippen molar-refractivity contribution in [2.24, 2.45) is 0 Å². The van der Waals surface area contributed by atoms with Gasteiger partial charge in [-0.05, 0) is 39.8 Å². The predicted molar refractivity (Wildman–Crippen MR) is 86.6 cm³/mol. The first-order valence-electron chi connectivity index (χ1n) is 7.47. The minimum Gasteiger partial charge on any atom is -0.444 e. The van der Waals surface area contributed by atoms with E-state index in [1.165, 1.54) is 5.56 Å². The minimum absolute atomic E-state index is 0.200. The fourth-order valence-corrected chi connectivity index (χ4v) is 1.80. The van der Waals surface area contributed by atoms with Gasteiger partial charge in [-0.3, -0.25) is 0 Å². The Morgan fingerprint density at radius 1 is 1.23 bits per heavy atom. The molecule has 5 heteroatoms. The molecule has 1 aromatic carbocycles. The maximum absolute atomic E-state index is 11.5. The first-order valence-corrected chi connectivity index (χ1v) is 7.47. The molecule has 2 rings (SSSR count). The van der Waals surface area contributed by atoms with Crippen molar-refractivity contribution in [2.45, 2.75) is 33.3 Å². The van der Waals surface area contributed by atoms with Crippen LogP contribution in [0.1, 0.15) is 31.9 Å². The number of nitriles is 1. The molecule has 0 bridgehead atoms. The molecule has 0 spiro atoms. The van der Waals surface area contributed by atoms with Crippen LogP contribution < -0.4 is 5.32 Å². The molecular weight excluding hydrogens is 278 g/mol. The number of ether oxygens (including phenoxy) is 1. The monoisotopic (exact) mass is 303 g/mol. The highest BCUT2D eigenvalue weighted by atomic mass is 16.6. The zero-order valence-corrected chi connectivity index (χ0v) is 13.8. The summed E-state index contributed by atoms with van der Waals surface area (Å²) in [6.07, 6.45) is -0.200. The van der Waals surface area contributed by atoms with Crippen molar-refractivity contribution in [1.82, 2.24) is 10.2 Å². The molecule has 1 aliphatic heterocycles. The molecular formula is C17H25N3O2. The Balaban J connectivity index is 0.000000235. The first kappa shape index (κ1) is 18.0. The molecule has 1 amide bonds. The third-order valence-corrected chi connectivity index (χ3v) is 2.95. The fraction of sp³-hybridized carbons (Fsp3) is 0.529. The van der Waals surface area contributed by atoms with Crippen LogP contribution in [-0.2, 0) is 4.74 Å². The van der Waals surface area contributed by atoms with Crippen LogP contribution in [0.3, 0.4) is 0 Å². The molecule has 1 aliphatic rings. The lowest BCUT2D eigenvalue weighted by molar-refractivity contribution is 0.0229. The summed E-state index contributed by atoms with van der Waals surface area (Å²) in [5.74, 6) is 0. The molecule has 1 fully saturated rings. The van der Waals surface area contributed by atoms with Gasteiger partial charge < -0.3 is 15.0 Å². The van der Waals surface area contributed by atoms with E-state index in [0.717, 1.165) is 31.7 Å². The van der Waals surface area contributed by atoms with Gasteiger partial charge >= 0.3 is 6.09 Å². The number of piperazine rings is 1. The Morgan fingerprint density at radius 3 is 2.23 bits per heavy atom. The second kappa shape index (κ2) is 8.40. The van der Waals surface area contributed by atoms with E-state index in [1.54, 1.807) is 4.90 Å². The SMILES string of the molecule is CC(C)(C)OC(=O)N1CCNCC1.Cc1ccc(C#N)cc1. The quantitative estimate of drug-likeness (QED) is 0.800. The lowest BCUT2D eigenvalue weighted by Crippen LogP contribution is -2.48. The van der Waals surface area contributed by atoms with E-state index in [4.69, 9.17) is 10.00 Å². The average molecular weight is 303 g/mol. The zero-order chi connectivity index (χ0) is 16.6. The maximum atomic E-state index is 11.5. The van der Waals surface area contributed by atoms with Crippen LogP contribution in [0.2, 0.25) is 0 Å². The second-order valence-electron chi connectivity index (χ2n) is 6.20. The largest absolute Gasteiger partial charge is 0.444 e. The van der Waals surface area contributed by atoms with Gasteiger partial charge in [-0.1, -0.05) is 17.7 Å². The first-order chi connectivity index (χ1) is 10.3. The van der Waals surface area contributed by atoms with Crippen molar-refractivity contribution in [1.29, 1.82) is 5.26 Å². The van der Waals surface area contributed by atoms with Gasteiger partial charge in [0.25, 0.3) is 0 Å². The van der Waals surface area contributed by atoms with E-state index in [2.05, 4.69) is 11.4 Å². The normalized spacial score (nSPS) is 14.4. The molecule has 0 unspecified atom stereocenters. The molecule has 0 aliphatic carbocycles. The summed E-state index contributed by atoms with van der Waals surface area (Å²) in [5, 5.41) is 11.6. The Labute approximate surface area is 132 Å². The van der Waals surface area contributed by atoms with E-state index >= 15 is 0 Å². The highest BCUT2D eigenvalue weighted by molar-refractivity contribution is 5.68. The van der Waals surface area contributed by atoms with Crippen molar-refractivity contribution < 1.29 is 9.53 Å². The third kappa shape index (κ3) is 7.09. The van der Waals surface area contributed by atoms with Crippen LogP contribution >= 0.6 is 0 Å². The minimum atomic E-state index is -0.387. The lowest BCUT2D eigenvalue weighted by Gasteiger charge is -2.30. The molecule has 120 valence electrons. The molecule has 0 aromatic heterocycles. The number of hydrogen-bond donors (Lipinski definition) is 1. The third-order valence-electron chi connectivity index (χ3n) is 2.95. The predicted octanol–water partition coefficient (Wildman–Crippen LogP) is 2.69. The average Bonchev–Trinajstić information content (AvgIpc) is 2.48. The number of rotatable bonds is 0. The van der Waals surface area contributed by atoms with Crippen molar-refractivity contribution in [3.8, 4) is 6.07 Å². The smallest absolute Gasteiger partial charge is 0.410 e. The van der Waals surface area contributed by atoms with Crippen LogP contribution in [0.15, 0.2) is 24.3 Å². The van der Waals surface area contributed by atoms with Gasteiger partial charge in [0.05, 0.1) is 11.6 Å². The van der Waals surface area contributed by atoms with Gasteiger partial charge in [0.2, 0.25) is 0 Å². The molecule has 5 nitrogen and oxygen atoms in total. The summed E-state index contributed by atoms with van der Waals surface area (Å²) in [6.45, 7) is 10.9. The number of aryl methyl sites for hydroxylation is 1. The molecule has 0 radical (unpaired) electrons. The molecule has 1 aromatic rings. The standard InChI is InChI=1S/C9H18N2O2.C8H7N/c1-9(2,3)13-8(12)11-6-4-10-5-7-11;1-7-2-4-8(6-9)5-3-7/h10H,4-7H2,1-3H3;2-5H,1H3. The molecule has 0 saturated carbocycles. The number of hydrogen-bond acceptors (Lipinski definition) is 4. The van der Waals surface area contributed by atoms with Crippen molar-refractivity contribution in [2.75, 3.05) is 26.2 Å². The number of amides is 1. The zero-order valence-electron chi connectivity index (χ0n) is 13.8. The maximum Gasteiger partial charge on any atom is 0.410 e. The van der Waals surface area contributed by atoms with E-state index in [-0.39, 0.29) is 11.7 Å². The summed E-state index contributed by atoms with van der Waals surface area (Å²) in [6, 6.07) is 9.54. The number of nitrogens with zero attached hydrogens (tertiary/aromatic N) is 2. The number of carbonyl (C=O) groups excluding carboxylic acids is 1. The highest BCUT2D eigenvalue weighted by Crippen LogP contribution is 2.10. The molecule has 1 N–H and O–H groups in total. The van der Waals surface area contributed by atoms with Crippen LogP contribution in [-0.4, -0.2) is 42.8 Å². The highest BCUT2D eigenvalue weighted by Gasteiger charge is 2.22. The van der Waals surface area contributed by atoms with Crippen molar-refractivity contribution in [3.63, 3.8) is 0 Å². The molecule has 22 heavy (non-hydrogen) atoms. The summed E-state index contributed by atoms with van der Waals surface area (Å²) in [7, 11) is 0. The Morgan fingerprint density at radius 2 is 1.77 bits per heavy atom. The van der Waals surface area contributed by atoms with Crippen LogP contribution in [0, 0.1) is 18.3 Å². The van der Waals surface area contributed by atoms with Gasteiger partial charge in [0.1, 0.15) is 5.60 Å². The van der Waals surface area contributed by atoms with Gasteiger partial charge in [0, 0.05) is 26.2 Å².